The summed E-state index contributed by atoms with van der Waals surface area (Å²) < 4.78 is 24.6. The van der Waals surface area contributed by atoms with Crippen LogP contribution < -0.4 is 5.32 Å². The van der Waals surface area contributed by atoms with Gasteiger partial charge < -0.3 is 19.9 Å². The Morgan fingerprint density at radius 3 is 2.83 bits per heavy atom. The van der Waals surface area contributed by atoms with E-state index >= 15 is 0 Å². The van der Waals surface area contributed by atoms with Crippen LogP contribution in [0.4, 0.5) is 9.18 Å². The van der Waals surface area contributed by atoms with E-state index in [4.69, 9.17) is 9.47 Å². The lowest BCUT2D eigenvalue weighted by Crippen LogP contribution is -2.48. The maximum absolute atomic E-state index is 13.6. The van der Waals surface area contributed by atoms with E-state index in [1.165, 1.54) is 12.1 Å². The van der Waals surface area contributed by atoms with Crippen LogP contribution in [0, 0.1) is 35.4 Å². The van der Waals surface area contributed by atoms with Gasteiger partial charge in [0.2, 0.25) is 0 Å². The number of hydrogen-bond acceptors (Lipinski definition) is 5. The Labute approximate surface area is 211 Å². The van der Waals surface area contributed by atoms with Crippen LogP contribution in [0.1, 0.15) is 45.2 Å². The van der Waals surface area contributed by atoms with Gasteiger partial charge in [-0.15, -0.1) is 0 Å². The molecule has 5 rings (SSSR count). The Morgan fingerprint density at radius 2 is 2.08 bits per heavy atom. The SMILES string of the molecule is CCOC(=O)N[C@@H]1CCC2[C@@H](C1)C[C@H]1C(O)OC(C)[C@H]1[C@H]2/C=C/c1ccc(-c2cccc(F)c2)cn1. The number of aliphatic hydroxyl groups is 1. The van der Waals surface area contributed by atoms with Crippen LogP contribution in [0.15, 0.2) is 48.7 Å². The highest BCUT2D eigenvalue weighted by Gasteiger charge is 2.53. The molecule has 36 heavy (non-hydrogen) atoms. The van der Waals surface area contributed by atoms with Crippen molar-refractivity contribution in [3.8, 4) is 11.1 Å². The van der Waals surface area contributed by atoms with Crippen molar-refractivity contribution in [2.24, 2.45) is 29.6 Å². The summed E-state index contributed by atoms with van der Waals surface area (Å²) in [4.78, 5) is 16.6. The fourth-order valence-electron chi connectivity index (χ4n) is 6.82. The third-order valence-electron chi connectivity index (χ3n) is 8.34. The number of benzene rings is 1. The zero-order valence-electron chi connectivity index (χ0n) is 20.8. The van der Waals surface area contributed by atoms with Crippen molar-refractivity contribution >= 4 is 12.2 Å². The minimum Gasteiger partial charge on any atom is -0.450 e. The first kappa shape index (κ1) is 24.9. The summed E-state index contributed by atoms with van der Waals surface area (Å²) in [6.07, 6.45) is 8.72. The predicted octanol–water partition coefficient (Wildman–Crippen LogP) is 5.42. The molecule has 0 bridgehead atoms. The molecule has 6 nitrogen and oxygen atoms in total. The number of rotatable bonds is 5. The molecule has 1 aliphatic heterocycles. The number of nitrogens with zero attached hydrogens (tertiary/aromatic N) is 1. The van der Waals surface area contributed by atoms with Crippen molar-refractivity contribution in [2.75, 3.05) is 6.61 Å². The number of fused-ring (bicyclic) bond motifs is 2. The average Bonchev–Trinajstić information content (AvgIpc) is 3.15. The molecule has 3 unspecified atom stereocenters. The van der Waals surface area contributed by atoms with Crippen molar-refractivity contribution in [3.05, 3.63) is 60.2 Å². The van der Waals surface area contributed by atoms with Gasteiger partial charge in [-0.1, -0.05) is 24.3 Å². The predicted molar refractivity (Wildman–Crippen MR) is 135 cm³/mol. The molecule has 2 heterocycles. The number of halogens is 1. The van der Waals surface area contributed by atoms with Crippen molar-refractivity contribution in [3.63, 3.8) is 0 Å². The van der Waals surface area contributed by atoms with Crippen LogP contribution in [0.3, 0.4) is 0 Å². The van der Waals surface area contributed by atoms with E-state index in [1.807, 2.05) is 18.2 Å². The summed E-state index contributed by atoms with van der Waals surface area (Å²) in [6.45, 7) is 4.23. The topological polar surface area (TPSA) is 80.7 Å². The standard InChI is InChI=1S/C29H35FN2O4/c1-3-35-29(34)32-23-10-11-24-20(14-23)15-26-27(17(2)36-28(26)33)25(24)12-9-22-8-7-19(16-31-22)18-5-4-6-21(30)13-18/h4-9,12-13,16-17,20,23-28,33H,3,10-11,14-15H2,1-2H3,(H,32,34)/b12-9+/t17?,20-,23+,24?,25-,26+,27-,28?/m0/s1. The Bertz CT molecular complexity index is 1090. The third-order valence-corrected chi connectivity index (χ3v) is 8.34. The largest absolute Gasteiger partial charge is 0.450 e. The molecule has 1 saturated heterocycles. The molecule has 2 N–H and O–H groups in total. The molecule has 8 atom stereocenters. The molecule has 0 spiro atoms. The first-order valence-electron chi connectivity index (χ1n) is 13.1. The lowest BCUT2D eigenvalue weighted by molar-refractivity contribution is -0.108. The van der Waals surface area contributed by atoms with E-state index in [0.29, 0.717) is 18.4 Å². The van der Waals surface area contributed by atoms with Crippen molar-refractivity contribution in [1.82, 2.24) is 10.3 Å². The summed E-state index contributed by atoms with van der Waals surface area (Å²) in [5.41, 5.74) is 2.52. The van der Waals surface area contributed by atoms with E-state index in [2.05, 4.69) is 29.4 Å². The van der Waals surface area contributed by atoms with Gasteiger partial charge in [0.1, 0.15) is 5.82 Å². The molecule has 1 amide bonds. The second-order valence-corrected chi connectivity index (χ2v) is 10.4. The number of hydrogen-bond donors (Lipinski definition) is 2. The molecule has 1 aromatic carbocycles. The normalized spacial score (nSPS) is 33.7. The molecular weight excluding hydrogens is 459 g/mol. The van der Waals surface area contributed by atoms with Crippen molar-refractivity contribution in [1.29, 1.82) is 0 Å². The van der Waals surface area contributed by atoms with Gasteiger partial charge in [-0.25, -0.2) is 9.18 Å². The lowest BCUT2D eigenvalue weighted by atomic mass is 9.56. The van der Waals surface area contributed by atoms with Gasteiger partial charge in [-0.3, -0.25) is 4.98 Å². The Hall–Kier alpha value is -2.77. The highest BCUT2D eigenvalue weighted by molar-refractivity contribution is 5.67. The Morgan fingerprint density at radius 1 is 1.22 bits per heavy atom. The molecule has 3 aliphatic rings. The summed E-state index contributed by atoms with van der Waals surface area (Å²) in [7, 11) is 0. The molecule has 2 aromatic rings. The zero-order chi connectivity index (χ0) is 25.2. The molecule has 7 heteroatoms. The summed E-state index contributed by atoms with van der Waals surface area (Å²) in [5, 5.41) is 13.7. The van der Waals surface area contributed by atoms with E-state index < -0.39 is 6.29 Å². The Kier molecular flexibility index (Phi) is 7.39. The molecule has 192 valence electrons. The number of nitrogens with one attached hydrogen (secondary N) is 1. The summed E-state index contributed by atoms with van der Waals surface area (Å²) >= 11 is 0. The molecule has 2 aliphatic carbocycles. The molecule has 0 radical (unpaired) electrons. The highest BCUT2D eigenvalue weighted by atomic mass is 19.1. The van der Waals surface area contributed by atoms with Gasteiger partial charge in [0.05, 0.1) is 18.4 Å². The average molecular weight is 495 g/mol. The monoisotopic (exact) mass is 494 g/mol. The smallest absolute Gasteiger partial charge is 0.407 e. The van der Waals surface area contributed by atoms with Crippen molar-refractivity contribution in [2.45, 2.75) is 58.0 Å². The van der Waals surface area contributed by atoms with Gasteiger partial charge in [0.25, 0.3) is 0 Å². The quantitative estimate of drug-likeness (QED) is 0.580. The second kappa shape index (κ2) is 10.7. The fourth-order valence-corrected chi connectivity index (χ4v) is 6.82. The second-order valence-electron chi connectivity index (χ2n) is 10.4. The number of carbonyl (C=O) groups excluding carboxylic acids is 1. The zero-order valence-corrected chi connectivity index (χ0v) is 20.8. The summed E-state index contributed by atoms with van der Waals surface area (Å²) in [5.74, 6) is 1.19. The number of aliphatic hydroxyl groups excluding tert-OH is 1. The van der Waals surface area contributed by atoms with Gasteiger partial charge in [-0.05, 0) is 93.0 Å². The van der Waals surface area contributed by atoms with Gasteiger partial charge in [-0.2, -0.15) is 0 Å². The number of amides is 1. The number of pyridine rings is 1. The maximum Gasteiger partial charge on any atom is 0.407 e. The van der Waals surface area contributed by atoms with Crippen LogP contribution in [-0.2, 0) is 9.47 Å². The van der Waals surface area contributed by atoms with Crippen molar-refractivity contribution < 1.29 is 23.8 Å². The molecule has 3 fully saturated rings. The van der Waals surface area contributed by atoms with Crippen LogP contribution in [-0.4, -0.2) is 41.2 Å². The van der Waals surface area contributed by atoms with Crippen LogP contribution in [0.5, 0.6) is 0 Å². The number of ether oxygens (including phenoxy) is 2. The van der Waals surface area contributed by atoms with Gasteiger partial charge >= 0.3 is 6.09 Å². The van der Waals surface area contributed by atoms with Crippen LogP contribution >= 0.6 is 0 Å². The number of allylic oxidation sites excluding steroid dienone is 1. The Balaban J connectivity index is 1.33. The first-order valence-corrected chi connectivity index (χ1v) is 13.1. The number of carbonyl (C=O) groups is 1. The number of alkyl carbamates (subject to hydrolysis) is 1. The summed E-state index contributed by atoms with van der Waals surface area (Å²) in [6, 6.07) is 10.5. The number of aromatic nitrogens is 1. The maximum atomic E-state index is 13.6. The van der Waals surface area contributed by atoms with Gasteiger partial charge in [0, 0.05) is 23.7 Å². The van der Waals surface area contributed by atoms with Gasteiger partial charge in [0.15, 0.2) is 6.29 Å². The van der Waals surface area contributed by atoms with E-state index in [9.17, 15) is 14.3 Å². The van der Waals surface area contributed by atoms with Crippen LogP contribution in [0.25, 0.3) is 17.2 Å². The lowest BCUT2D eigenvalue weighted by Gasteiger charge is -2.48. The minimum atomic E-state index is -0.746. The highest BCUT2D eigenvalue weighted by Crippen LogP contribution is 2.54. The van der Waals surface area contributed by atoms with E-state index in [-0.39, 0.29) is 41.8 Å². The molecule has 2 saturated carbocycles. The molecular formula is C29H35FN2O4. The third kappa shape index (κ3) is 5.18. The molecule has 1 aromatic heterocycles. The van der Waals surface area contributed by atoms with E-state index in [1.54, 1.807) is 19.2 Å². The minimum absolute atomic E-state index is 0.0145. The van der Waals surface area contributed by atoms with Crippen LogP contribution in [0.2, 0.25) is 0 Å². The fraction of sp³-hybridized carbons (Fsp3) is 0.517. The first-order chi connectivity index (χ1) is 17.4. The van der Waals surface area contributed by atoms with E-state index in [0.717, 1.165) is 42.5 Å².